The van der Waals surface area contributed by atoms with E-state index in [0.29, 0.717) is 11.8 Å². The molecule has 1 aliphatic heterocycles. The fourth-order valence-electron chi connectivity index (χ4n) is 3.32. The van der Waals surface area contributed by atoms with Crippen molar-refractivity contribution in [2.75, 3.05) is 19.7 Å². The molecule has 1 aliphatic rings. The zero-order valence-electron chi connectivity index (χ0n) is 15.0. The van der Waals surface area contributed by atoms with Gasteiger partial charge in [-0.1, -0.05) is 38.1 Å². The third kappa shape index (κ3) is 4.19. The van der Waals surface area contributed by atoms with Gasteiger partial charge in [-0.15, -0.1) is 0 Å². The molecule has 0 radical (unpaired) electrons. The number of carbonyl (C=O) groups excluding carboxylic acids is 1. The van der Waals surface area contributed by atoms with Gasteiger partial charge in [0.2, 0.25) is 0 Å². The zero-order valence-corrected chi connectivity index (χ0v) is 15.0. The lowest BCUT2D eigenvalue weighted by atomic mass is 9.98. The number of rotatable bonds is 6. The molecule has 2 atom stereocenters. The Kier molecular flexibility index (Phi) is 5.69. The van der Waals surface area contributed by atoms with Crippen molar-refractivity contribution in [3.8, 4) is 5.75 Å². The second-order valence-electron chi connectivity index (χ2n) is 6.72. The number of likely N-dealkylation sites (tertiary alicyclic amines) is 1. The van der Waals surface area contributed by atoms with E-state index in [1.54, 1.807) is 0 Å². The van der Waals surface area contributed by atoms with Gasteiger partial charge < -0.3 is 9.64 Å². The molecule has 2 heterocycles. The highest BCUT2D eigenvalue weighted by Crippen LogP contribution is 2.29. The van der Waals surface area contributed by atoms with E-state index in [-0.39, 0.29) is 12.5 Å². The molecule has 1 aromatic carbocycles. The maximum absolute atomic E-state index is 12.5. The van der Waals surface area contributed by atoms with Crippen molar-refractivity contribution in [3.63, 3.8) is 0 Å². The predicted octanol–water partition coefficient (Wildman–Crippen LogP) is 3.99. The first-order chi connectivity index (χ1) is 12.2. The summed E-state index contributed by atoms with van der Waals surface area (Å²) < 4.78 is 5.87. The number of benzene rings is 1. The quantitative estimate of drug-likeness (QED) is 0.800. The van der Waals surface area contributed by atoms with Crippen LogP contribution in [0.3, 0.4) is 0 Å². The van der Waals surface area contributed by atoms with Crippen molar-refractivity contribution in [3.05, 3.63) is 59.9 Å². The smallest absolute Gasteiger partial charge is 0.260 e. The lowest BCUT2D eigenvalue weighted by molar-refractivity contribution is -0.132. The van der Waals surface area contributed by atoms with Crippen LogP contribution in [0.1, 0.15) is 49.8 Å². The highest BCUT2D eigenvalue weighted by molar-refractivity contribution is 5.78. The summed E-state index contributed by atoms with van der Waals surface area (Å²) >= 11 is 0. The van der Waals surface area contributed by atoms with E-state index in [9.17, 15) is 4.79 Å². The van der Waals surface area contributed by atoms with E-state index in [1.165, 1.54) is 5.56 Å². The number of aromatic nitrogens is 1. The van der Waals surface area contributed by atoms with Crippen LogP contribution in [0.2, 0.25) is 0 Å². The number of amides is 1. The summed E-state index contributed by atoms with van der Waals surface area (Å²) in [7, 11) is 0. The second kappa shape index (κ2) is 8.15. The van der Waals surface area contributed by atoms with Crippen LogP contribution in [0.4, 0.5) is 0 Å². The first kappa shape index (κ1) is 17.5. The molecular weight excluding hydrogens is 312 g/mol. The molecule has 4 heteroatoms. The highest BCUT2D eigenvalue weighted by atomic mass is 16.5. The number of nitrogens with zero attached hydrogens (tertiary/aromatic N) is 2. The summed E-state index contributed by atoms with van der Waals surface area (Å²) in [5.41, 5.74) is 2.24. The Labute approximate surface area is 149 Å². The summed E-state index contributed by atoms with van der Waals surface area (Å²) in [5, 5.41) is 0. The van der Waals surface area contributed by atoms with Crippen molar-refractivity contribution < 1.29 is 9.53 Å². The van der Waals surface area contributed by atoms with Crippen LogP contribution in [0.15, 0.2) is 48.7 Å². The molecule has 3 rings (SSSR count). The average Bonchev–Trinajstić information content (AvgIpc) is 3.17. The average molecular weight is 338 g/mol. The van der Waals surface area contributed by atoms with E-state index in [0.717, 1.165) is 37.4 Å². The van der Waals surface area contributed by atoms with E-state index in [2.05, 4.69) is 24.9 Å². The van der Waals surface area contributed by atoms with Crippen LogP contribution in [0.5, 0.6) is 5.75 Å². The van der Waals surface area contributed by atoms with Crippen molar-refractivity contribution in [1.82, 2.24) is 9.88 Å². The van der Waals surface area contributed by atoms with Gasteiger partial charge in [0.15, 0.2) is 6.61 Å². The van der Waals surface area contributed by atoms with Crippen molar-refractivity contribution >= 4 is 5.91 Å². The molecule has 25 heavy (non-hydrogen) atoms. The summed E-state index contributed by atoms with van der Waals surface area (Å²) in [6, 6.07) is 14.0. The van der Waals surface area contributed by atoms with Gasteiger partial charge in [-0.05, 0) is 42.5 Å². The van der Waals surface area contributed by atoms with E-state index < -0.39 is 0 Å². The molecular formula is C21H26N2O2. The molecule has 1 fully saturated rings. The van der Waals surface area contributed by atoms with Crippen LogP contribution in [0, 0.1) is 0 Å². The number of hydrogen-bond donors (Lipinski definition) is 0. The molecule has 0 saturated carbocycles. The number of para-hydroxylation sites is 1. The van der Waals surface area contributed by atoms with E-state index in [1.807, 2.05) is 47.5 Å². The summed E-state index contributed by atoms with van der Waals surface area (Å²) in [5.74, 6) is 1.63. The largest absolute Gasteiger partial charge is 0.483 e. The number of pyridine rings is 1. The predicted molar refractivity (Wildman–Crippen MR) is 98.8 cm³/mol. The Morgan fingerprint density at radius 1 is 1.28 bits per heavy atom. The monoisotopic (exact) mass is 338 g/mol. The SMILES string of the molecule is CC[C@@H](C)c1ccccc1OCC(=O)N1CC[C@@H](c2ccccn2)C1. The minimum Gasteiger partial charge on any atom is -0.483 e. The number of ether oxygens (including phenoxy) is 1. The van der Waals surface area contributed by atoms with Gasteiger partial charge in [-0.2, -0.15) is 0 Å². The van der Waals surface area contributed by atoms with Crippen LogP contribution in [-0.2, 0) is 4.79 Å². The first-order valence-electron chi connectivity index (χ1n) is 9.09. The topological polar surface area (TPSA) is 42.4 Å². The molecule has 1 amide bonds. The molecule has 2 aromatic rings. The molecule has 0 N–H and O–H groups in total. The van der Waals surface area contributed by atoms with Gasteiger partial charge >= 0.3 is 0 Å². The second-order valence-corrected chi connectivity index (χ2v) is 6.72. The standard InChI is InChI=1S/C21H26N2O2/c1-3-16(2)18-8-4-5-10-20(18)25-15-21(24)23-13-11-17(14-23)19-9-6-7-12-22-19/h4-10,12,16-17H,3,11,13-15H2,1-2H3/t16-,17-/m1/s1. The van der Waals surface area contributed by atoms with Crippen molar-refractivity contribution in [1.29, 1.82) is 0 Å². The molecule has 0 bridgehead atoms. The maximum atomic E-state index is 12.5. The van der Waals surface area contributed by atoms with E-state index in [4.69, 9.17) is 4.74 Å². The van der Waals surface area contributed by atoms with Gasteiger partial charge in [-0.25, -0.2) is 0 Å². The first-order valence-corrected chi connectivity index (χ1v) is 9.09. The van der Waals surface area contributed by atoms with Crippen LogP contribution < -0.4 is 4.74 Å². The maximum Gasteiger partial charge on any atom is 0.260 e. The van der Waals surface area contributed by atoms with Gasteiger partial charge in [0, 0.05) is 30.9 Å². The van der Waals surface area contributed by atoms with Gasteiger partial charge in [0.05, 0.1) is 0 Å². The highest BCUT2D eigenvalue weighted by Gasteiger charge is 2.28. The van der Waals surface area contributed by atoms with E-state index >= 15 is 0 Å². The van der Waals surface area contributed by atoms with Crippen molar-refractivity contribution in [2.24, 2.45) is 0 Å². The number of hydrogen-bond acceptors (Lipinski definition) is 3. The normalized spacial score (nSPS) is 18.2. The summed E-state index contributed by atoms with van der Waals surface area (Å²) in [4.78, 5) is 18.8. The lowest BCUT2D eigenvalue weighted by Crippen LogP contribution is -2.33. The minimum absolute atomic E-state index is 0.0531. The minimum atomic E-state index is 0.0531. The molecule has 4 nitrogen and oxygen atoms in total. The van der Waals surface area contributed by atoms with Gasteiger partial charge in [-0.3, -0.25) is 9.78 Å². The van der Waals surface area contributed by atoms with Crippen LogP contribution in [-0.4, -0.2) is 35.5 Å². The molecule has 0 spiro atoms. The van der Waals surface area contributed by atoms with Crippen LogP contribution in [0.25, 0.3) is 0 Å². The third-order valence-electron chi connectivity index (χ3n) is 5.06. The van der Waals surface area contributed by atoms with Crippen LogP contribution >= 0.6 is 0 Å². The van der Waals surface area contributed by atoms with Gasteiger partial charge in [0.1, 0.15) is 5.75 Å². The Morgan fingerprint density at radius 2 is 2.08 bits per heavy atom. The summed E-state index contributed by atoms with van der Waals surface area (Å²) in [6.45, 7) is 5.95. The lowest BCUT2D eigenvalue weighted by Gasteiger charge is -2.19. The summed E-state index contributed by atoms with van der Waals surface area (Å²) in [6.07, 6.45) is 3.83. The fraction of sp³-hybridized carbons (Fsp3) is 0.429. The Morgan fingerprint density at radius 3 is 2.84 bits per heavy atom. The Balaban J connectivity index is 1.57. The molecule has 1 aromatic heterocycles. The third-order valence-corrected chi connectivity index (χ3v) is 5.06. The molecule has 0 unspecified atom stereocenters. The van der Waals surface area contributed by atoms with Crippen molar-refractivity contribution in [2.45, 2.75) is 38.5 Å². The van der Waals surface area contributed by atoms with Gasteiger partial charge in [0.25, 0.3) is 5.91 Å². The molecule has 132 valence electrons. The Hall–Kier alpha value is -2.36. The Bertz CT molecular complexity index is 702. The number of carbonyl (C=O) groups is 1. The zero-order chi connectivity index (χ0) is 17.6. The molecule has 0 aliphatic carbocycles. The molecule has 1 saturated heterocycles. The fourth-order valence-corrected chi connectivity index (χ4v) is 3.32.